The van der Waals surface area contributed by atoms with Crippen LogP contribution in [0.15, 0.2) is 60.0 Å². The molecule has 1 aromatic heterocycles. The lowest BCUT2D eigenvalue weighted by atomic mass is 10.0. The number of rotatable bonds is 8. The molecule has 3 amide bonds. The molecule has 39 heavy (non-hydrogen) atoms. The van der Waals surface area contributed by atoms with Gasteiger partial charge in [0, 0.05) is 43.5 Å². The van der Waals surface area contributed by atoms with Crippen molar-refractivity contribution in [2.24, 2.45) is 0 Å². The third-order valence-corrected chi connectivity index (χ3v) is 8.05. The van der Waals surface area contributed by atoms with Gasteiger partial charge in [-0.2, -0.15) is 0 Å². The molecule has 1 fully saturated rings. The first-order chi connectivity index (χ1) is 18.7. The Bertz CT molecular complexity index is 1350. The SMILES string of the molecule is CCOC(=O)N1CCN(C(=O)C(Cc2ccc(P(=O)(O)O)cc2)NC(=O)c2csc(-c3ccccc3)n2)CC1. The van der Waals surface area contributed by atoms with Gasteiger partial charge in [0.05, 0.1) is 11.9 Å². The Kier molecular flexibility index (Phi) is 9.13. The van der Waals surface area contributed by atoms with E-state index in [1.54, 1.807) is 17.2 Å². The van der Waals surface area contributed by atoms with E-state index in [1.165, 1.54) is 40.5 Å². The van der Waals surface area contributed by atoms with E-state index >= 15 is 0 Å². The van der Waals surface area contributed by atoms with E-state index in [9.17, 15) is 28.7 Å². The van der Waals surface area contributed by atoms with Crippen molar-refractivity contribution in [3.05, 3.63) is 71.2 Å². The molecule has 3 aromatic rings. The fourth-order valence-corrected chi connectivity index (χ4v) is 5.47. The summed E-state index contributed by atoms with van der Waals surface area (Å²) in [6, 6.07) is 14.1. The molecule has 206 valence electrons. The highest BCUT2D eigenvalue weighted by molar-refractivity contribution is 7.60. The Labute approximate surface area is 229 Å². The summed E-state index contributed by atoms with van der Waals surface area (Å²) >= 11 is 1.32. The topological polar surface area (TPSA) is 149 Å². The largest absolute Gasteiger partial charge is 0.450 e. The molecular formula is C26H29N4O7PS. The average Bonchev–Trinajstić information content (AvgIpc) is 3.44. The summed E-state index contributed by atoms with van der Waals surface area (Å²) in [5.41, 5.74) is 1.67. The number of thiazole rings is 1. The Hall–Kier alpha value is -3.57. The summed E-state index contributed by atoms with van der Waals surface area (Å²) in [7, 11) is -4.41. The minimum atomic E-state index is -4.41. The van der Waals surface area contributed by atoms with Gasteiger partial charge >= 0.3 is 13.7 Å². The maximum Gasteiger partial charge on any atom is 0.409 e. The van der Waals surface area contributed by atoms with Gasteiger partial charge in [-0.05, 0) is 24.6 Å². The molecule has 2 aromatic carbocycles. The van der Waals surface area contributed by atoms with Gasteiger partial charge in [-0.3, -0.25) is 14.2 Å². The first-order valence-corrected chi connectivity index (χ1v) is 14.8. The number of hydrogen-bond acceptors (Lipinski definition) is 7. The van der Waals surface area contributed by atoms with Gasteiger partial charge in [0.2, 0.25) is 5.91 Å². The van der Waals surface area contributed by atoms with E-state index < -0.39 is 25.6 Å². The van der Waals surface area contributed by atoms with Crippen LogP contribution in [-0.2, 0) is 20.5 Å². The predicted octanol–water partition coefficient (Wildman–Crippen LogP) is 2.25. The van der Waals surface area contributed by atoms with Crippen LogP contribution in [0.2, 0.25) is 0 Å². The molecule has 1 aliphatic rings. The van der Waals surface area contributed by atoms with Gasteiger partial charge in [-0.15, -0.1) is 11.3 Å². The van der Waals surface area contributed by atoms with Crippen molar-refractivity contribution in [2.75, 3.05) is 32.8 Å². The van der Waals surface area contributed by atoms with Gasteiger partial charge in [0.25, 0.3) is 5.91 Å². The lowest BCUT2D eigenvalue weighted by Crippen LogP contribution is -2.56. The zero-order valence-electron chi connectivity index (χ0n) is 21.2. The highest BCUT2D eigenvalue weighted by Crippen LogP contribution is 2.33. The molecule has 1 unspecified atom stereocenters. The van der Waals surface area contributed by atoms with Crippen molar-refractivity contribution < 1.29 is 33.5 Å². The molecule has 0 saturated carbocycles. The fourth-order valence-electron chi connectivity index (χ4n) is 4.13. The second kappa shape index (κ2) is 12.5. The Balaban J connectivity index is 1.50. The molecule has 0 spiro atoms. The van der Waals surface area contributed by atoms with E-state index in [0.29, 0.717) is 23.7 Å². The van der Waals surface area contributed by atoms with E-state index in [4.69, 9.17) is 4.74 Å². The van der Waals surface area contributed by atoms with Crippen molar-refractivity contribution in [1.29, 1.82) is 0 Å². The van der Waals surface area contributed by atoms with Crippen molar-refractivity contribution >= 4 is 42.1 Å². The second-order valence-corrected chi connectivity index (χ2v) is 11.3. The number of ether oxygens (including phenoxy) is 1. The Morgan fingerprint density at radius 2 is 1.67 bits per heavy atom. The molecule has 4 rings (SSSR count). The maximum absolute atomic E-state index is 13.6. The fraction of sp³-hybridized carbons (Fsp3) is 0.308. The van der Waals surface area contributed by atoms with Crippen LogP contribution < -0.4 is 10.6 Å². The average molecular weight is 573 g/mol. The van der Waals surface area contributed by atoms with Crippen LogP contribution in [0.4, 0.5) is 4.79 Å². The molecule has 1 aliphatic heterocycles. The highest BCUT2D eigenvalue weighted by Gasteiger charge is 2.31. The summed E-state index contributed by atoms with van der Waals surface area (Å²) in [6.07, 6.45) is -0.336. The molecule has 0 radical (unpaired) electrons. The number of amides is 3. The number of nitrogens with zero attached hydrogens (tertiary/aromatic N) is 3. The summed E-state index contributed by atoms with van der Waals surface area (Å²) in [5.74, 6) is -0.840. The van der Waals surface area contributed by atoms with Gasteiger partial charge in [0.15, 0.2) is 0 Å². The Morgan fingerprint density at radius 3 is 2.28 bits per heavy atom. The zero-order valence-corrected chi connectivity index (χ0v) is 22.9. The molecule has 1 saturated heterocycles. The van der Waals surface area contributed by atoms with Crippen LogP contribution in [0.25, 0.3) is 10.6 Å². The third-order valence-electron chi connectivity index (χ3n) is 6.19. The van der Waals surface area contributed by atoms with Crippen LogP contribution in [0.1, 0.15) is 23.0 Å². The van der Waals surface area contributed by atoms with Crippen LogP contribution in [0, 0.1) is 0 Å². The number of hydrogen-bond donors (Lipinski definition) is 3. The molecule has 11 nitrogen and oxygen atoms in total. The van der Waals surface area contributed by atoms with E-state index in [0.717, 1.165) is 5.56 Å². The maximum atomic E-state index is 13.6. The van der Waals surface area contributed by atoms with Gasteiger partial charge in [0.1, 0.15) is 16.7 Å². The Morgan fingerprint density at radius 1 is 1.03 bits per heavy atom. The van der Waals surface area contributed by atoms with Crippen LogP contribution in [0.3, 0.4) is 0 Å². The summed E-state index contributed by atoms with van der Waals surface area (Å²) in [6.45, 7) is 3.13. The quantitative estimate of drug-likeness (QED) is 0.348. The van der Waals surface area contributed by atoms with Crippen molar-refractivity contribution in [3.63, 3.8) is 0 Å². The number of piperazine rings is 1. The second-order valence-electron chi connectivity index (χ2n) is 8.86. The lowest BCUT2D eigenvalue weighted by molar-refractivity contribution is -0.134. The smallest absolute Gasteiger partial charge is 0.409 e. The normalized spacial score (nSPS) is 14.5. The number of benzene rings is 2. The molecule has 13 heteroatoms. The van der Waals surface area contributed by atoms with Crippen LogP contribution in [-0.4, -0.2) is 81.3 Å². The number of carbonyl (C=O) groups excluding carboxylic acids is 3. The monoisotopic (exact) mass is 572 g/mol. The van der Waals surface area contributed by atoms with Crippen LogP contribution in [0.5, 0.6) is 0 Å². The van der Waals surface area contributed by atoms with E-state index in [-0.39, 0.29) is 43.0 Å². The molecule has 2 heterocycles. The number of nitrogens with one attached hydrogen (secondary N) is 1. The van der Waals surface area contributed by atoms with Crippen LogP contribution >= 0.6 is 18.9 Å². The molecule has 0 aliphatic carbocycles. The lowest BCUT2D eigenvalue weighted by Gasteiger charge is -2.36. The number of aromatic nitrogens is 1. The minimum Gasteiger partial charge on any atom is -0.450 e. The van der Waals surface area contributed by atoms with Crippen molar-refractivity contribution in [2.45, 2.75) is 19.4 Å². The summed E-state index contributed by atoms with van der Waals surface area (Å²) in [4.78, 5) is 65.1. The molecule has 0 bridgehead atoms. The zero-order chi connectivity index (χ0) is 28.0. The number of carbonyl (C=O) groups is 3. The molecule has 3 N–H and O–H groups in total. The van der Waals surface area contributed by atoms with E-state index in [2.05, 4.69) is 10.3 Å². The van der Waals surface area contributed by atoms with Crippen molar-refractivity contribution in [1.82, 2.24) is 20.1 Å². The molecule has 1 atom stereocenters. The van der Waals surface area contributed by atoms with Gasteiger partial charge < -0.3 is 29.6 Å². The summed E-state index contributed by atoms with van der Waals surface area (Å²) < 4.78 is 16.6. The predicted molar refractivity (Wildman–Crippen MR) is 146 cm³/mol. The van der Waals surface area contributed by atoms with Gasteiger partial charge in [-0.1, -0.05) is 42.5 Å². The van der Waals surface area contributed by atoms with Gasteiger partial charge in [-0.25, -0.2) is 9.78 Å². The first-order valence-electron chi connectivity index (χ1n) is 12.3. The van der Waals surface area contributed by atoms with Crippen molar-refractivity contribution in [3.8, 4) is 10.6 Å². The third kappa shape index (κ3) is 7.30. The standard InChI is InChI=1S/C26H29N4O7PS/c1-2-37-26(33)30-14-12-29(13-15-30)25(32)21(16-18-8-10-20(11-9-18)38(34,35)36)27-23(31)22-17-39-24(28-22)19-6-4-3-5-7-19/h3-11,17,21H,2,12-16H2,1H3,(H,27,31)(H2,34,35,36). The summed E-state index contributed by atoms with van der Waals surface area (Å²) in [5, 5.41) is 4.97. The highest BCUT2D eigenvalue weighted by atomic mass is 32.1. The van der Waals surface area contributed by atoms with E-state index in [1.807, 2.05) is 30.3 Å². The molecular weight excluding hydrogens is 543 g/mol. The first kappa shape index (κ1) is 28.4. The minimum absolute atomic E-state index is 0.0970.